The topological polar surface area (TPSA) is 53.5 Å². The minimum absolute atomic E-state index is 0.194. The van der Waals surface area contributed by atoms with Crippen LogP contribution in [-0.2, 0) is 4.79 Å². The zero-order valence-electron chi connectivity index (χ0n) is 6.09. The quantitative estimate of drug-likeness (QED) is 0.316. The monoisotopic (exact) mass is 141 g/mol. The molecular weight excluding hydrogens is 130 g/mol. The fourth-order valence-electron chi connectivity index (χ4n) is 0.335. The molecule has 2 N–H and O–H groups in total. The van der Waals surface area contributed by atoms with Crippen LogP contribution in [0, 0.1) is 0 Å². The third kappa shape index (κ3) is 4.83. The fourth-order valence-corrected chi connectivity index (χ4v) is 0.335. The van der Waals surface area contributed by atoms with Crippen molar-refractivity contribution >= 4 is 12.2 Å². The third-order valence-electron chi connectivity index (χ3n) is 0.737. The van der Waals surface area contributed by atoms with E-state index in [4.69, 9.17) is 0 Å². The van der Waals surface area contributed by atoms with Crippen molar-refractivity contribution in [1.82, 2.24) is 10.6 Å². The number of nitrogens with one attached hydrogen (secondary N) is 2. The Hall–Kier alpha value is -1.32. The first-order valence-corrected chi connectivity index (χ1v) is 2.86. The maximum absolute atomic E-state index is 10.6. The Kier molecular flexibility index (Phi) is 5.04. The molecule has 0 aliphatic rings. The van der Waals surface area contributed by atoms with E-state index in [1.54, 1.807) is 20.3 Å². The highest BCUT2D eigenvalue weighted by Gasteiger charge is 1.86. The molecule has 0 aliphatic carbocycles. The number of carbonyl (C=O) groups is 1. The van der Waals surface area contributed by atoms with Gasteiger partial charge in [-0.1, -0.05) is 0 Å². The van der Waals surface area contributed by atoms with Crippen molar-refractivity contribution in [3.8, 4) is 0 Å². The molecule has 0 heterocycles. The van der Waals surface area contributed by atoms with Crippen LogP contribution in [0.25, 0.3) is 0 Å². The van der Waals surface area contributed by atoms with E-state index in [-0.39, 0.29) is 5.91 Å². The molecule has 4 nitrogen and oxygen atoms in total. The van der Waals surface area contributed by atoms with Gasteiger partial charge in [0.25, 0.3) is 0 Å². The molecule has 0 aromatic carbocycles. The zero-order chi connectivity index (χ0) is 7.82. The molecule has 0 aromatic rings. The van der Waals surface area contributed by atoms with Gasteiger partial charge in [0.1, 0.15) is 0 Å². The molecule has 0 spiro atoms. The van der Waals surface area contributed by atoms with E-state index in [9.17, 15) is 4.79 Å². The van der Waals surface area contributed by atoms with Crippen molar-refractivity contribution in [3.63, 3.8) is 0 Å². The van der Waals surface area contributed by atoms with Gasteiger partial charge in [0.2, 0.25) is 5.91 Å². The van der Waals surface area contributed by atoms with E-state index in [0.29, 0.717) is 0 Å². The molecule has 10 heavy (non-hydrogen) atoms. The number of amides is 1. The molecule has 1 amide bonds. The van der Waals surface area contributed by atoms with Crippen molar-refractivity contribution < 1.29 is 4.79 Å². The Morgan fingerprint density at radius 2 is 2.30 bits per heavy atom. The lowest BCUT2D eigenvalue weighted by Crippen LogP contribution is -2.19. The van der Waals surface area contributed by atoms with E-state index in [1.165, 1.54) is 12.4 Å². The van der Waals surface area contributed by atoms with Crippen molar-refractivity contribution in [1.29, 1.82) is 0 Å². The summed E-state index contributed by atoms with van der Waals surface area (Å²) in [6.45, 7) is 0. The first-order valence-electron chi connectivity index (χ1n) is 2.86. The van der Waals surface area contributed by atoms with Crippen molar-refractivity contribution in [2.75, 3.05) is 14.1 Å². The number of carbonyl (C=O) groups excluding carboxylic acids is 1. The molecule has 0 unspecified atom stereocenters. The first-order chi connectivity index (χ1) is 4.81. The molecular formula is C6H11N3O. The number of hydrogen-bond acceptors (Lipinski definition) is 3. The number of hydrogen-bond donors (Lipinski definition) is 2. The molecule has 0 aliphatic heterocycles. The lowest BCUT2D eigenvalue weighted by atomic mass is 10.6. The van der Waals surface area contributed by atoms with Gasteiger partial charge in [0.05, 0.1) is 6.34 Å². The summed E-state index contributed by atoms with van der Waals surface area (Å²) in [4.78, 5) is 14.2. The summed E-state index contributed by atoms with van der Waals surface area (Å²) in [6, 6.07) is 0. The van der Waals surface area contributed by atoms with Crippen LogP contribution < -0.4 is 10.6 Å². The van der Waals surface area contributed by atoms with Crippen LogP contribution in [0.4, 0.5) is 0 Å². The fraction of sp³-hybridized carbons (Fsp3) is 0.333. The normalized spacial score (nSPS) is 10.6. The molecule has 4 heteroatoms. The number of aliphatic imine (C=N–C) groups is 1. The highest BCUT2D eigenvalue weighted by Crippen LogP contribution is 1.65. The lowest BCUT2D eigenvalue weighted by molar-refractivity contribution is -0.115. The van der Waals surface area contributed by atoms with Crippen LogP contribution in [0.2, 0.25) is 0 Å². The molecule has 0 aromatic heterocycles. The van der Waals surface area contributed by atoms with Gasteiger partial charge in [0.15, 0.2) is 0 Å². The predicted molar refractivity (Wildman–Crippen MR) is 40.8 cm³/mol. The maximum Gasteiger partial charge on any atom is 0.250 e. The zero-order valence-corrected chi connectivity index (χ0v) is 6.09. The lowest BCUT2D eigenvalue weighted by Gasteiger charge is -1.89. The van der Waals surface area contributed by atoms with Gasteiger partial charge >= 0.3 is 0 Å². The predicted octanol–water partition coefficient (Wildman–Crippen LogP) is -0.506. The van der Waals surface area contributed by atoms with Crippen LogP contribution in [0.3, 0.4) is 0 Å². The number of nitrogens with zero attached hydrogens (tertiary/aromatic N) is 1. The van der Waals surface area contributed by atoms with Crippen LogP contribution in [-0.4, -0.2) is 26.3 Å². The smallest absolute Gasteiger partial charge is 0.250 e. The summed E-state index contributed by atoms with van der Waals surface area (Å²) < 4.78 is 0. The second-order valence-corrected chi connectivity index (χ2v) is 1.52. The van der Waals surface area contributed by atoms with Crippen LogP contribution >= 0.6 is 0 Å². The van der Waals surface area contributed by atoms with Gasteiger partial charge in [0, 0.05) is 26.4 Å². The van der Waals surface area contributed by atoms with Gasteiger partial charge in [-0.3, -0.25) is 9.79 Å². The molecule has 0 saturated heterocycles. The first kappa shape index (κ1) is 8.68. The van der Waals surface area contributed by atoms with Crippen molar-refractivity contribution in [2.45, 2.75) is 0 Å². The van der Waals surface area contributed by atoms with Gasteiger partial charge in [-0.05, 0) is 0 Å². The second kappa shape index (κ2) is 5.81. The van der Waals surface area contributed by atoms with Gasteiger partial charge < -0.3 is 10.6 Å². The molecule has 0 radical (unpaired) electrons. The molecule has 56 valence electrons. The maximum atomic E-state index is 10.6. The Labute approximate surface area is 60.0 Å². The van der Waals surface area contributed by atoms with E-state index in [0.717, 1.165) is 0 Å². The van der Waals surface area contributed by atoms with E-state index >= 15 is 0 Å². The molecule has 0 saturated carbocycles. The number of rotatable bonds is 3. The Morgan fingerprint density at radius 1 is 1.60 bits per heavy atom. The Bertz CT molecular complexity index is 151. The minimum atomic E-state index is -0.194. The molecule has 0 fully saturated rings. The van der Waals surface area contributed by atoms with Crippen LogP contribution in [0.5, 0.6) is 0 Å². The summed E-state index contributed by atoms with van der Waals surface area (Å²) in [6.07, 6.45) is 4.25. The Balaban J connectivity index is 3.53. The summed E-state index contributed by atoms with van der Waals surface area (Å²) >= 11 is 0. The average Bonchev–Trinajstić information content (AvgIpc) is 1.97. The summed E-state index contributed by atoms with van der Waals surface area (Å²) in [5.41, 5.74) is 0. The Morgan fingerprint density at radius 3 is 2.80 bits per heavy atom. The van der Waals surface area contributed by atoms with E-state index in [2.05, 4.69) is 15.6 Å². The van der Waals surface area contributed by atoms with Crippen molar-refractivity contribution in [2.24, 2.45) is 4.99 Å². The minimum Gasteiger partial charge on any atom is -0.394 e. The van der Waals surface area contributed by atoms with Gasteiger partial charge in [-0.15, -0.1) is 0 Å². The molecule has 0 bridgehead atoms. The summed E-state index contributed by atoms with van der Waals surface area (Å²) in [5, 5.41) is 5.10. The van der Waals surface area contributed by atoms with Gasteiger partial charge in [-0.25, -0.2) is 0 Å². The van der Waals surface area contributed by atoms with Crippen LogP contribution in [0.15, 0.2) is 17.3 Å². The SMILES string of the molecule is CN=CNC(=O)/C=C/NC. The summed E-state index contributed by atoms with van der Waals surface area (Å²) in [7, 11) is 3.31. The highest BCUT2D eigenvalue weighted by atomic mass is 16.1. The second-order valence-electron chi connectivity index (χ2n) is 1.52. The molecule has 0 rings (SSSR count). The summed E-state index contributed by atoms with van der Waals surface area (Å²) in [5.74, 6) is -0.194. The third-order valence-corrected chi connectivity index (χ3v) is 0.737. The van der Waals surface area contributed by atoms with Crippen molar-refractivity contribution in [3.05, 3.63) is 12.3 Å². The van der Waals surface area contributed by atoms with E-state index in [1.807, 2.05) is 0 Å². The average molecular weight is 141 g/mol. The molecule has 0 atom stereocenters. The highest BCUT2D eigenvalue weighted by molar-refractivity contribution is 5.95. The largest absolute Gasteiger partial charge is 0.394 e. The van der Waals surface area contributed by atoms with E-state index < -0.39 is 0 Å². The van der Waals surface area contributed by atoms with Gasteiger partial charge in [-0.2, -0.15) is 0 Å². The van der Waals surface area contributed by atoms with Crippen LogP contribution in [0.1, 0.15) is 0 Å². The standard InChI is InChI=1S/C6H11N3O/c1-7-4-3-6(10)9-5-8-2/h3-5,7H,1-2H3,(H,8,9,10)/b4-3+.